The number of hydrogen-bond donors (Lipinski definition) is 0. The lowest BCUT2D eigenvalue weighted by atomic mass is 9.88. The van der Waals surface area contributed by atoms with Crippen LogP contribution in [0.4, 0.5) is 74.6 Å². The van der Waals surface area contributed by atoms with Gasteiger partial charge < -0.3 is 4.48 Å². The van der Waals surface area contributed by atoms with E-state index in [1.54, 1.807) is 20.8 Å². The average molecular weight is 632 g/mol. The number of rotatable bonds is 18. The van der Waals surface area contributed by atoms with Crippen LogP contribution in [0.25, 0.3) is 0 Å². The summed E-state index contributed by atoms with van der Waals surface area (Å²) in [6.07, 6.45) is -7.78. The van der Waals surface area contributed by atoms with Gasteiger partial charge in [0.15, 0.2) is 0 Å². The Balaban J connectivity index is 6.59. The highest BCUT2D eigenvalue weighted by Crippen LogP contribution is 2.64. The van der Waals surface area contributed by atoms with Crippen molar-refractivity contribution in [3.63, 3.8) is 0 Å². The van der Waals surface area contributed by atoms with E-state index in [4.69, 9.17) is 0 Å². The maximum absolute atomic E-state index is 14.5. The lowest BCUT2D eigenvalue weighted by Crippen LogP contribution is -2.74. The average Bonchev–Trinajstić information content (AvgIpc) is 2.81. The van der Waals surface area contributed by atoms with Crippen molar-refractivity contribution in [2.24, 2.45) is 0 Å². The van der Waals surface area contributed by atoms with E-state index in [1.807, 2.05) is 0 Å². The molecule has 0 heterocycles. The van der Waals surface area contributed by atoms with E-state index in [2.05, 4.69) is 0 Å². The normalized spacial score (nSPS) is 15.6. The molecule has 0 fully saturated rings. The molecule has 40 heavy (non-hydrogen) atoms. The van der Waals surface area contributed by atoms with E-state index in [1.165, 1.54) is 0 Å². The largest absolute Gasteiger partial charge is 0.460 e. The predicted octanol–water partition coefficient (Wildman–Crippen LogP) is 9.60. The van der Waals surface area contributed by atoms with Crippen molar-refractivity contribution in [3.8, 4) is 0 Å². The SMILES string of the molecule is CCCC[N+](CCCC)(CCCC)CCC(F)(F)C(F)(F)C(F)(F)C(F)(F)C(F)(F)C(F)(F)C(F)(F)C(F)(F)F. The Morgan fingerprint density at radius 3 is 0.925 bits per heavy atom. The van der Waals surface area contributed by atoms with Gasteiger partial charge in [0.2, 0.25) is 0 Å². The molecule has 0 aromatic rings. The molecule has 0 rings (SSSR count). The van der Waals surface area contributed by atoms with E-state index in [-0.39, 0.29) is 19.6 Å². The van der Waals surface area contributed by atoms with Gasteiger partial charge in [0.05, 0.1) is 32.6 Å². The molecule has 0 radical (unpaired) electrons. The Bertz CT molecular complexity index is 767. The van der Waals surface area contributed by atoms with Crippen LogP contribution < -0.4 is 0 Å². The highest BCUT2D eigenvalue weighted by molar-refractivity contribution is 5.15. The van der Waals surface area contributed by atoms with Crippen molar-refractivity contribution >= 4 is 0 Å². The molecule has 0 saturated carbocycles. The van der Waals surface area contributed by atoms with Crippen LogP contribution in [0.2, 0.25) is 0 Å². The number of quaternary nitrogens is 1. The van der Waals surface area contributed by atoms with E-state index in [0.29, 0.717) is 38.5 Å². The molecule has 0 aliphatic carbocycles. The molecule has 0 aromatic carbocycles. The van der Waals surface area contributed by atoms with Gasteiger partial charge in [-0.3, -0.25) is 0 Å². The lowest BCUT2D eigenvalue weighted by Gasteiger charge is -2.44. The van der Waals surface area contributed by atoms with Gasteiger partial charge in [-0.2, -0.15) is 74.6 Å². The van der Waals surface area contributed by atoms with E-state index in [0.717, 1.165) is 0 Å². The highest BCUT2D eigenvalue weighted by atomic mass is 19.4. The number of nitrogens with zero attached hydrogens (tertiary/aromatic N) is 1. The molecule has 0 aromatic heterocycles. The number of hydrogen-bond acceptors (Lipinski definition) is 0. The van der Waals surface area contributed by atoms with Crippen LogP contribution in [0.3, 0.4) is 0 Å². The second kappa shape index (κ2) is 12.6. The van der Waals surface area contributed by atoms with E-state index in [9.17, 15) is 74.6 Å². The zero-order chi connectivity index (χ0) is 32.3. The minimum atomic E-state index is -8.59. The minimum Gasteiger partial charge on any atom is -0.323 e. The zero-order valence-corrected chi connectivity index (χ0v) is 21.7. The third-order valence-corrected chi connectivity index (χ3v) is 6.65. The van der Waals surface area contributed by atoms with Crippen LogP contribution in [0.15, 0.2) is 0 Å². The van der Waals surface area contributed by atoms with Crippen LogP contribution in [-0.2, 0) is 0 Å². The van der Waals surface area contributed by atoms with E-state index < -0.39 is 65.1 Å². The van der Waals surface area contributed by atoms with Crippen molar-refractivity contribution in [2.45, 2.75) is 113 Å². The van der Waals surface area contributed by atoms with Crippen LogP contribution in [-0.4, -0.2) is 78.3 Å². The third kappa shape index (κ3) is 6.70. The predicted molar refractivity (Wildman–Crippen MR) is 110 cm³/mol. The molecule has 0 N–H and O–H groups in total. The summed E-state index contributed by atoms with van der Waals surface area (Å²) in [4.78, 5) is 0. The smallest absolute Gasteiger partial charge is 0.323 e. The van der Waals surface area contributed by atoms with E-state index >= 15 is 0 Å². The van der Waals surface area contributed by atoms with Gasteiger partial charge >= 0.3 is 47.6 Å². The monoisotopic (exact) mass is 632 g/mol. The van der Waals surface area contributed by atoms with Gasteiger partial charge in [0, 0.05) is 0 Å². The number of halogens is 17. The summed E-state index contributed by atoms with van der Waals surface area (Å²) < 4.78 is 230. The summed E-state index contributed by atoms with van der Waals surface area (Å²) in [5, 5.41) is 0. The summed E-state index contributed by atoms with van der Waals surface area (Å²) in [6, 6.07) is 0. The molecule has 0 aliphatic rings. The van der Waals surface area contributed by atoms with Crippen molar-refractivity contribution in [3.05, 3.63) is 0 Å². The summed E-state index contributed by atoms with van der Waals surface area (Å²) >= 11 is 0. The van der Waals surface area contributed by atoms with Crippen LogP contribution in [0, 0.1) is 0 Å². The summed E-state index contributed by atoms with van der Waals surface area (Å²) in [7, 11) is 0. The Morgan fingerprint density at radius 1 is 0.375 bits per heavy atom. The molecule has 0 bridgehead atoms. The Morgan fingerprint density at radius 2 is 0.650 bits per heavy atom. The van der Waals surface area contributed by atoms with Crippen molar-refractivity contribution < 1.29 is 79.1 Å². The molecule has 0 saturated heterocycles. The van der Waals surface area contributed by atoms with Crippen molar-refractivity contribution in [1.82, 2.24) is 0 Å². The van der Waals surface area contributed by atoms with Gasteiger partial charge in [-0.15, -0.1) is 0 Å². The Hall–Kier alpha value is -1.23. The van der Waals surface area contributed by atoms with Gasteiger partial charge in [0.25, 0.3) is 0 Å². The van der Waals surface area contributed by atoms with Crippen molar-refractivity contribution in [2.75, 3.05) is 26.2 Å². The second-order valence-corrected chi connectivity index (χ2v) is 9.70. The maximum Gasteiger partial charge on any atom is 0.460 e. The first-order valence-corrected chi connectivity index (χ1v) is 12.2. The summed E-state index contributed by atoms with van der Waals surface area (Å²) in [6.45, 7) is 4.04. The topological polar surface area (TPSA) is 0 Å². The molecule has 0 amide bonds. The van der Waals surface area contributed by atoms with Gasteiger partial charge in [0.1, 0.15) is 0 Å². The molecule has 18 heteroatoms. The standard InChI is InChI=1S/C22H31F17N/c1-4-7-11-40(12-8-5-2,13-9-6-3)14-10-15(23,24)16(25,26)17(27,28)18(29,30)19(31,32)20(33,34)21(35,36)22(37,38)39/h4-14H2,1-3H3/q+1. The highest BCUT2D eigenvalue weighted by Gasteiger charge is 2.95. The fourth-order valence-corrected chi connectivity index (χ4v) is 3.88. The van der Waals surface area contributed by atoms with Crippen molar-refractivity contribution in [1.29, 1.82) is 0 Å². The molecule has 0 spiro atoms. The fourth-order valence-electron chi connectivity index (χ4n) is 3.88. The first kappa shape index (κ1) is 38.8. The molecule has 0 unspecified atom stereocenters. The van der Waals surface area contributed by atoms with Gasteiger partial charge in [-0.1, -0.05) is 40.0 Å². The lowest BCUT2D eigenvalue weighted by molar-refractivity contribution is -0.930. The second-order valence-electron chi connectivity index (χ2n) is 9.70. The summed E-state index contributed by atoms with van der Waals surface area (Å²) in [5.74, 6) is -55.9. The molecule has 0 atom stereocenters. The first-order chi connectivity index (χ1) is 17.6. The van der Waals surface area contributed by atoms with Crippen LogP contribution in [0.5, 0.6) is 0 Å². The van der Waals surface area contributed by atoms with Crippen LogP contribution in [0.1, 0.15) is 65.7 Å². The van der Waals surface area contributed by atoms with Gasteiger partial charge in [-0.05, 0) is 19.3 Å². The maximum atomic E-state index is 14.5. The Kier molecular flexibility index (Phi) is 12.2. The summed E-state index contributed by atoms with van der Waals surface area (Å²) in [5.41, 5.74) is 0. The molecule has 0 aliphatic heterocycles. The molecule has 1 nitrogen and oxygen atoms in total. The third-order valence-electron chi connectivity index (χ3n) is 6.65. The van der Waals surface area contributed by atoms with Crippen LogP contribution >= 0.6 is 0 Å². The number of alkyl halides is 17. The first-order valence-electron chi connectivity index (χ1n) is 12.2. The molecular formula is C22H31F17N+. The molecule has 242 valence electrons. The fraction of sp³-hybridized carbons (Fsp3) is 1.00. The zero-order valence-electron chi connectivity index (χ0n) is 21.7. The number of unbranched alkanes of at least 4 members (excludes halogenated alkanes) is 3. The Labute approximate surface area is 219 Å². The minimum absolute atomic E-state index is 0.0432. The van der Waals surface area contributed by atoms with Gasteiger partial charge in [-0.25, -0.2) is 0 Å². The molecular weight excluding hydrogens is 601 g/mol. The quantitative estimate of drug-likeness (QED) is 0.104.